The molecule has 0 aliphatic heterocycles. The fraction of sp³-hybridized carbons (Fsp3) is 0.0500. The van der Waals surface area contributed by atoms with Crippen molar-refractivity contribution in [1.29, 1.82) is 0 Å². The fourth-order valence-corrected chi connectivity index (χ4v) is 2.71. The Hall–Kier alpha value is -3.14. The molecule has 3 nitrogen and oxygen atoms in total. The maximum atomic E-state index is 14.0. The summed E-state index contributed by atoms with van der Waals surface area (Å²) in [5, 5.41) is 4.62. The van der Waals surface area contributed by atoms with Crippen molar-refractivity contribution < 1.29 is 8.81 Å². The van der Waals surface area contributed by atoms with E-state index in [0.717, 1.165) is 17.0 Å². The van der Waals surface area contributed by atoms with E-state index in [4.69, 9.17) is 4.42 Å². The van der Waals surface area contributed by atoms with E-state index in [2.05, 4.69) is 5.10 Å². The van der Waals surface area contributed by atoms with E-state index in [1.807, 2.05) is 59.3 Å². The third-order valence-corrected chi connectivity index (χ3v) is 3.90. The van der Waals surface area contributed by atoms with Crippen molar-refractivity contribution in [1.82, 2.24) is 9.78 Å². The van der Waals surface area contributed by atoms with Crippen molar-refractivity contribution in [2.45, 2.75) is 6.54 Å². The minimum atomic E-state index is -0.230. The zero-order chi connectivity index (χ0) is 16.4. The number of benzene rings is 2. The lowest BCUT2D eigenvalue weighted by Crippen LogP contribution is -2.05. The Morgan fingerprint density at radius 1 is 0.917 bits per heavy atom. The normalized spacial score (nSPS) is 10.9. The van der Waals surface area contributed by atoms with E-state index in [-0.39, 0.29) is 5.82 Å². The molecule has 0 N–H and O–H groups in total. The zero-order valence-electron chi connectivity index (χ0n) is 12.9. The maximum Gasteiger partial charge on any atom is 0.154 e. The average molecular weight is 318 g/mol. The minimum absolute atomic E-state index is 0.230. The number of rotatable bonds is 4. The molecule has 0 spiro atoms. The summed E-state index contributed by atoms with van der Waals surface area (Å²) in [5.41, 5.74) is 3.28. The second kappa shape index (κ2) is 6.16. The van der Waals surface area contributed by atoms with Gasteiger partial charge in [0.05, 0.1) is 18.5 Å². The standard InChI is InChI=1S/C20H15FN2O/c21-17-10-5-4-9-16(17)14-23-19(15-7-2-1-3-8-15)13-18(22-23)20-11-6-12-24-20/h1-13H,14H2. The first-order chi connectivity index (χ1) is 11.8. The van der Waals surface area contributed by atoms with Crippen LogP contribution in [0, 0.1) is 5.82 Å². The lowest BCUT2D eigenvalue weighted by molar-refractivity contribution is 0.571. The Balaban J connectivity index is 1.81. The summed E-state index contributed by atoms with van der Waals surface area (Å²) in [6.45, 7) is 0.359. The highest BCUT2D eigenvalue weighted by Crippen LogP contribution is 2.27. The molecule has 2 aromatic heterocycles. The van der Waals surface area contributed by atoms with E-state index in [1.54, 1.807) is 18.4 Å². The van der Waals surface area contributed by atoms with Gasteiger partial charge in [0.25, 0.3) is 0 Å². The molecule has 2 aromatic carbocycles. The van der Waals surface area contributed by atoms with Crippen LogP contribution in [-0.4, -0.2) is 9.78 Å². The van der Waals surface area contributed by atoms with Crippen LogP contribution in [0.3, 0.4) is 0 Å². The van der Waals surface area contributed by atoms with E-state index in [1.165, 1.54) is 6.07 Å². The van der Waals surface area contributed by atoms with Gasteiger partial charge in [-0.05, 0) is 29.8 Å². The van der Waals surface area contributed by atoms with Crippen molar-refractivity contribution in [3.05, 3.63) is 90.4 Å². The van der Waals surface area contributed by atoms with Gasteiger partial charge in [-0.3, -0.25) is 4.68 Å². The average Bonchev–Trinajstić information content (AvgIpc) is 3.27. The molecule has 0 fully saturated rings. The number of nitrogens with zero attached hydrogens (tertiary/aromatic N) is 2. The molecular formula is C20H15FN2O. The van der Waals surface area contributed by atoms with Crippen LogP contribution < -0.4 is 0 Å². The van der Waals surface area contributed by atoms with Gasteiger partial charge in [-0.15, -0.1) is 0 Å². The monoisotopic (exact) mass is 318 g/mol. The van der Waals surface area contributed by atoms with Crippen LogP contribution in [0.2, 0.25) is 0 Å². The van der Waals surface area contributed by atoms with E-state index >= 15 is 0 Å². The van der Waals surface area contributed by atoms with Gasteiger partial charge in [-0.25, -0.2) is 4.39 Å². The van der Waals surface area contributed by atoms with Gasteiger partial charge < -0.3 is 4.42 Å². The highest BCUT2D eigenvalue weighted by atomic mass is 19.1. The van der Waals surface area contributed by atoms with E-state index in [9.17, 15) is 4.39 Å². The van der Waals surface area contributed by atoms with Crippen LogP contribution in [-0.2, 0) is 6.54 Å². The van der Waals surface area contributed by atoms with Crippen molar-refractivity contribution in [3.8, 4) is 22.7 Å². The van der Waals surface area contributed by atoms with Crippen molar-refractivity contribution in [3.63, 3.8) is 0 Å². The Morgan fingerprint density at radius 2 is 1.71 bits per heavy atom. The highest BCUT2D eigenvalue weighted by molar-refractivity contribution is 5.66. The lowest BCUT2D eigenvalue weighted by atomic mass is 10.1. The Morgan fingerprint density at radius 3 is 2.46 bits per heavy atom. The number of furan rings is 1. The predicted molar refractivity (Wildman–Crippen MR) is 90.9 cm³/mol. The Bertz CT molecular complexity index is 943. The number of hydrogen-bond donors (Lipinski definition) is 0. The molecule has 0 saturated carbocycles. The molecule has 4 rings (SSSR count). The smallest absolute Gasteiger partial charge is 0.154 e. The molecule has 4 heteroatoms. The first-order valence-electron chi connectivity index (χ1n) is 7.72. The Labute approximate surface area is 139 Å². The Kier molecular flexibility index (Phi) is 3.71. The molecule has 0 radical (unpaired) electrons. The van der Waals surface area contributed by atoms with Gasteiger partial charge >= 0.3 is 0 Å². The topological polar surface area (TPSA) is 31.0 Å². The molecule has 2 heterocycles. The molecule has 0 atom stereocenters. The van der Waals surface area contributed by atoms with Gasteiger partial charge in [0.2, 0.25) is 0 Å². The van der Waals surface area contributed by atoms with Gasteiger partial charge in [-0.2, -0.15) is 5.10 Å². The van der Waals surface area contributed by atoms with Crippen LogP contribution in [0.25, 0.3) is 22.7 Å². The summed E-state index contributed by atoms with van der Waals surface area (Å²) in [4.78, 5) is 0. The molecule has 118 valence electrons. The van der Waals surface area contributed by atoms with Gasteiger partial charge in [0.15, 0.2) is 5.76 Å². The third kappa shape index (κ3) is 2.74. The number of hydrogen-bond acceptors (Lipinski definition) is 2. The van der Waals surface area contributed by atoms with Crippen molar-refractivity contribution in [2.24, 2.45) is 0 Å². The van der Waals surface area contributed by atoms with Crippen LogP contribution in [0.15, 0.2) is 83.5 Å². The molecule has 0 amide bonds. The molecule has 0 aliphatic rings. The first-order valence-corrected chi connectivity index (χ1v) is 7.72. The molecule has 0 aliphatic carbocycles. The number of halogens is 1. The predicted octanol–water partition coefficient (Wildman–Crippen LogP) is 5.00. The van der Waals surface area contributed by atoms with Crippen LogP contribution in [0.1, 0.15) is 5.56 Å². The summed E-state index contributed by atoms with van der Waals surface area (Å²) in [5.74, 6) is 0.464. The van der Waals surface area contributed by atoms with Crippen LogP contribution in [0.4, 0.5) is 4.39 Å². The van der Waals surface area contributed by atoms with Crippen LogP contribution >= 0.6 is 0 Å². The lowest BCUT2D eigenvalue weighted by Gasteiger charge is -2.08. The molecule has 24 heavy (non-hydrogen) atoms. The quantitative estimate of drug-likeness (QED) is 0.530. The molecule has 4 aromatic rings. The molecule has 0 unspecified atom stereocenters. The summed E-state index contributed by atoms with van der Waals surface area (Å²) < 4.78 is 21.3. The summed E-state index contributed by atoms with van der Waals surface area (Å²) in [7, 11) is 0. The molecule has 0 saturated heterocycles. The largest absolute Gasteiger partial charge is 0.463 e. The van der Waals surface area contributed by atoms with Crippen molar-refractivity contribution in [2.75, 3.05) is 0 Å². The summed E-state index contributed by atoms with van der Waals surface area (Å²) >= 11 is 0. The highest BCUT2D eigenvalue weighted by Gasteiger charge is 2.14. The second-order valence-corrected chi connectivity index (χ2v) is 5.51. The van der Waals surface area contributed by atoms with Crippen molar-refractivity contribution >= 4 is 0 Å². The SMILES string of the molecule is Fc1ccccc1Cn1nc(-c2ccco2)cc1-c1ccccc1. The fourth-order valence-electron chi connectivity index (χ4n) is 2.71. The van der Waals surface area contributed by atoms with E-state index in [0.29, 0.717) is 17.9 Å². The van der Waals surface area contributed by atoms with Gasteiger partial charge in [-0.1, -0.05) is 48.5 Å². The number of aromatic nitrogens is 2. The maximum absolute atomic E-state index is 14.0. The zero-order valence-corrected chi connectivity index (χ0v) is 12.9. The van der Waals surface area contributed by atoms with E-state index < -0.39 is 0 Å². The van der Waals surface area contributed by atoms with Gasteiger partial charge in [0, 0.05) is 5.56 Å². The molecule has 0 bridgehead atoms. The summed E-state index contributed by atoms with van der Waals surface area (Å²) in [6.07, 6.45) is 1.62. The molecular weight excluding hydrogens is 303 g/mol. The third-order valence-electron chi connectivity index (χ3n) is 3.90. The minimum Gasteiger partial charge on any atom is -0.463 e. The second-order valence-electron chi connectivity index (χ2n) is 5.51. The summed E-state index contributed by atoms with van der Waals surface area (Å²) in [6, 6.07) is 22.4. The van der Waals surface area contributed by atoms with Gasteiger partial charge in [0.1, 0.15) is 11.5 Å². The van der Waals surface area contributed by atoms with Crippen LogP contribution in [0.5, 0.6) is 0 Å². The first kappa shape index (κ1) is 14.5.